The van der Waals surface area contributed by atoms with E-state index < -0.39 is 0 Å². The monoisotopic (exact) mass is 293 g/mol. The number of anilines is 1. The van der Waals surface area contributed by atoms with Crippen molar-refractivity contribution in [1.82, 2.24) is 9.88 Å². The Bertz CT molecular complexity index is 479. The van der Waals surface area contributed by atoms with Crippen LogP contribution < -0.4 is 5.32 Å². The minimum absolute atomic E-state index is 0.149. The number of thiazole rings is 1. The Morgan fingerprint density at radius 1 is 1.40 bits per heavy atom. The molecule has 4 nitrogen and oxygen atoms in total. The van der Waals surface area contributed by atoms with Crippen molar-refractivity contribution in [1.29, 1.82) is 0 Å². The lowest BCUT2D eigenvalue weighted by Crippen LogP contribution is -2.25. The first-order valence-electron chi connectivity index (χ1n) is 7.67. The number of likely N-dealkylation sites (N-methyl/N-ethyl adjacent to an activating group) is 1. The summed E-state index contributed by atoms with van der Waals surface area (Å²) in [5, 5.41) is 3.81. The van der Waals surface area contributed by atoms with E-state index in [9.17, 15) is 4.79 Å². The van der Waals surface area contributed by atoms with Crippen LogP contribution in [0.25, 0.3) is 0 Å². The lowest BCUT2D eigenvalue weighted by Gasteiger charge is -2.20. The van der Waals surface area contributed by atoms with Gasteiger partial charge >= 0.3 is 0 Å². The summed E-state index contributed by atoms with van der Waals surface area (Å²) in [4.78, 5) is 20.3. The van der Waals surface area contributed by atoms with Gasteiger partial charge in [-0.15, -0.1) is 11.3 Å². The van der Waals surface area contributed by atoms with Crippen molar-refractivity contribution in [2.45, 2.75) is 51.5 Å². The Morgan fingerprint density at radius 2 is 2.20 bits per heavy atom. The maximum Gasteiger partial charge on any atom is 0.226 e. The topological polar surface area (TPSA) is 45.2 Å². The molecule has 1 aliphatic heterocycles. The summed E-state index contributed by atoms with van der Waals surface area (Å²) in [5.74, 6) is 0.737. The van der Waals surface area contributed by atoms with E-state index in [-0.39, 0.29) is 5.91 Å². The molecule has 0 aromatic carbocycles. The standard InChI is InChI=1S/C15H23N3OS/c1-18-8-7-12-13(10-18)20-15(16-12)17-14(19)9-11-5-3-2-4-6-11/h11H,2-10H2,1H3,(H,16,17,19). The summed E-state index contributed by atoms with van der Waals surface area (Å²) < 4.78 is 0. The summed E-state index contributed by atoms with van der Waals surface area (Å²) in [5.41, 5.74) is 1.18. The lowest BCUT2D eigenvalue weighted by molar-refractivity contribution is -0.117. The van der Waals surface area contributed by atoms with E-state index in [0.717, 1.165) is 24.6 Å². The van der Waals surface area contributed by atoms with E-state index in [2.05, 4.69) is 22.2 Å². The molecule has 1 aromatic rings. The number of nitrogens with zero attached hydrogens (tertiary/aromatic N) is 2. The predicted molar refractivity (Wildman–Crippen MR) is 82.0 cm³/mol. The van der Waals surface area contributed by atoms with Crippen molar-refractivity contribution in [2.24, 2.45) is 5.92 Å². The molecular formula is C15H23N3OS. The number of fused-ring (bicyclic) bond motifs is 1. The first-order valence-corrected chi connectivity index (χ1v) is 8.49. The van der Waals surface area contributed by atoms with Gasteiger partial charge < -0.3 is 10.2 Å². The predicted octanol–water partition coefficient (Wildman–Crippen LogP) is 3.04. The molecule has 5 heteroatoms. The van der Waals surface area contributed by atoms with Gasteiger partial charge in [-0.3, -0.25) is 4.79 Å². The van der Waals surface area contributed by atoms with E-state index in [1.807, 2.05) is 0 Å². The zero-order valence-corrected chi connectivity index (χ0v) is 13.0. The van der Waals surface area contributed by atoms with Gasteiger partial charge in [0.1, 0.15) is 0 Å². The van der Waals surface area contributed by atoms with E-state index in [4.69, 9.17) is 0 Å². The normalized spacial score (nSPS) is 20.6. The Balaban J connectivity index is 1.56. The Hall–Kier alpha value is -0.940. The smallest absolute Gasteiger partial charge is 0.226 e. The maximum absolute atomic E-state index is 12.1. The SMILES string of the molecule is CN1CCc2nc(NC(=O)CC3CCCCC3)sc2C1. The molecule has 1 saturated carbocycles. The molecule has 1 aliphatic carbocycles. The Labute approximate surface area is 124 Å². The van der Waals surface area contributed by atoms with Crippen LogP contribution in [0.1, 0.15) is 49.1 Å². The van der Waals surface area contributed by atoms with Gasteiger partial charge in [-0.05, 0) is 25.8 Å². The zero-order chi connectivity index (χ0) is 13.9. The number of carbonyl (C=O) groups excluding carboxylic acids is 1. The van der Waals surface area contributed by atoms with Gasteiger partial charge in [0.05, 0.1) is 5.69 Å². The number of rotatable bonds is 3. The van der Waals surface area contributed by atoms with Crippen LogP contribution in [0.15, 0.2) is 0 Å². The van der Waals surface area contributed by atoms with Gasteiger partial charge in [-0.1, -0.05) is 19.3 Å². The molecule has 0 bridgehead atoms. The molecule has 0 saturated heterocycles. The highest BCUT2D eigenvalue weighted by atomic mass is 32.1. The number of hydrogen-bond donors (Lipinski definition) is 1. The van der Waals surface area contributed by atoms with Gasteiger partial charge in [0.25, 0.3) is 0 Å². The van der Waals surface area contributed by atoms with Gasteiger partial charge in [0, 0.05) is 30.8 Å². The van der Waals surface area contributed by atoms with Crippen LogP contribution in [0.5, 0.6) is 0 Å². The highest BCUT2D eigenvalue weighted by Gasteiger charge is 2.21. The Kier molecular flexibility index (Phi) is 4.36. The second-order valence-electron chi connectivity index (χ2n) is 6.13. The summed E-state index contributed by atoms with van der Waals surface area (Å²) in [6.45, 7) is 2.03. The van der Waals surface area contributed by atoms with Crippen LogP contribution in [0.4, 0.5) is 5.13 Å². The van der Waals surface area contributed by atoms with E-state index in [0.29, 0.717) is 12.3 Å². The Morgan fingerprint density at radius 3 is 3.00 bits per heavy atom. The minimum Gasteiger partial charge on any atom is -0.302 e. The highest BCUT2D eigenvalue weighted by molar-refractivity contribution is 7.15. The molecular weight excluding hydrogens is 270 g/mol. The van der Waals surface area contributed by atoms with E-state index in [1.165, 1.54) is 42.7 Å². The summed E-state index contributed by atoms with van der Waals surface area (Å²) in [6, 6.07) is 0. The summed E-state index contributed by atoms with van der Waals surface area (Å²) >= 11 is 1.64. The molecule has 1 aromatic heterocycles. The largest absolute Gasteiger partial charge is 0.302 e. The fraction of sp³-hybridized carbons (Fsp3) is 0.733. The molecule has 0 atom stereocenters. The second-order valence-corrected chi connectivity index (χ2v) is 7.22. The number of nitrogens with one attached hydrogen (secondary N) is 1. The molecule has 1 fully saturated rings. The van der Waals surface area contributed by atoms with Crippen molar-refractivity contribution in [2.75, 3.05) is 18.9 Å². The lowest BCUT2D eigenvalue weighted by atomic mass is 9.87. The first kappa shape index (κ1) is 14.0. The number of hydrogen-bond acceptors (Lipinski definition) is 4. The fourth-order valence-electron chi connectivity index (χ4n) is 3.20. The average Bonchev–Trinajstić information content (AvgIpc) is 2.80. The molecule has 20 heavy (non-hydrogen) atoms. The first-order chi connectivity index (χ1) is 9.70. The number of carbonyl (C=O) groups is 1. The molecule has 2 aliphatic rings. The van der Waals surface area contributed by atoms with Gasteiger partial charge in [-0.2, -0.15) is 0 Å². The second kappa shape index (κ2) is 6.22. The fourth-order valence-corrected chi connectivity index (χ4v) is 4.30. The molecule has 1 N–H and O–H groups in total. The molecule has 3 rings (SSSR count). The van der Waals surface area contributed by atoms with Crippen LogP contribution in [-0.4, -0.2) is 29.4 Å². The zero-order valence-electron chi connectivity index (χ0n) is 12.2. The quantitative estimate of drug-likeness (QED) is 0.931. The van der Waals surface area contributed by atoms with Crippen LogP contribution in [0, 0.1) is 5.92 Å². The van der Waals surface area contributed by atoms with E-state index >= 15 is 0 Å². The van der Waals surface area contributed by atoms with Crippen molar-refractivity contribution < 1.29 is 4.79 Å². The third-order valence-electron chi connectivity index (χ3n) is 4.37. The minimum atomic E-state index is 0.149. The van der Waals surface area contributed by atoms with Gasteiger partial charge in [0.15, 0.2) is 5.13 Å². The third kappa shape index (κ3) is 3.38. The van der Waals surface area contributed by atoms with Crippen molar-refractivity contribution in [3.63, 3.8) is 0 Å². The number of aromatic nitrogens is 1. The summed E-state index contributed by atoms with van der Waals surface area (Å²) in [7, 11) is 2.13. The molecule has 0 radical (unpaired) electrons. The van der Waals surface area contributed by atoms with Gasteiger partial charge in [-0.25, -0.2) is 4.98 Å². The van der Waals surface area contributed by atoms with Gasteiger partial charge in [0.2, 0.25) is 5.91 Å². The van der Waals surface area contributed by atoms with Crippen LogP contribution in [0.3, 0.4) is 0 Å². The average molecular weight is 293 g/mol. The molecule has 110 valence electrons. The van der Waals surface area contributed by atoms with Crippen molar-refractivity contribution in [3.05, 3.63) is 10.6 Å². The molecule has 0 spiro atoms. The van der Waals surface area contributed by atoms with E-state index in [1.54, 1.807) is 11.3 Å². The van der Waals surface area contributed by atoms with Crippen LogP contribution in [0.2, 0.25) is 0 Å². The van der Waals surface area contributed by atoms with Crippen molar-refractivity contribution in [3.8, 4) is 0 Å². The third-order valence-corrected chi connectivity index (χ3v) is 5.37. The molecule has 2 heterocycles. The number of amides is 1. The molecule has 1 amide bonds. The van der Waals surface area contributed by atoms with Crippen molar-refractivity contribution >= 4 is 22.4 Å². The summed E-state index contributed by atoms with van der Waals surface area (Å²) in [6.07, 6.45) is 8.01. The maximum atomic E-state index is 12.1. The van der Waals surface area contributed by atoms with Crippen LogP contribution >= 0.6 is 11.3 Å². The van der Waals surface area contributed by atoms with Crippen LogP contribution in [-0.2, 0) is 17.8 Å². The highest BCUT2D eigenvalue weighted by Crippen LogP contribution is 2.29. The molecule has 0 unspecified atom stereocenters.